The monoisotopic (exact) mass is 275 g/mol. The third kappa shape index (κ3) is 2.77. The number of hydrogen-bond donors (Lipinski definition) is 1. The molecule has 0 saturated carbocycles. The lowest BCUT2D eigenvalue weighted by Gasteiger charge is -2.10. The van der Waals surface area contributed by atoms with Crippen LogP contribution in [0.25, 0.3) is 0 Å². The number of hydrogen-bond acceptors (Lipinski definition) is 3. The first-order valence-electron chi connectivity index (χ1n) is 6.70. The summed E-state index contributed by atoms with van der Waals surface area (Å²) in [5.41, 5.74) is 7.63. The molecule has 0 atom stereocenters. The van der Waals surface area contributed by atoms with Gasteiger partial charge in [-0.2, -0.15) is 0 Å². The highest BCUT2D eigenvalue weighted by atomic mass is 16.5. The van der Waals surface area contributed by atoms with E-state index in [1.54, 1.807) is 16.2 Å². The Morgan fingerprint density at radius 3 is 2.60 bits per heavy atom. The van der Waals surface area contributed by atoms with Gasteiger partial charge < -0.3 is 10.5 Å². The van der Waals surface area contributed by atoms with Crippen LogP contribution in [0, 0.1) is 0 Å². The van der Waals surface area contributed by atoms with Crippen LogP contribution in [0.1, 0.15) is 31.0 Å². The molecule has 2 aromatic rings. The molecule has 108 valence electrons. The molecule has 0 spiro atoms. The zero-order valence-electron chi connectivity index (χ0n) is 12.2. The molecule has 1 aromatic heterocycles. The summed E-state index contributed by atoms with van der Waals surface area (Å²) in [5.74, 6) is 0.765. The van der Waals surface area contributed by atoms with E-state index in [4.69, 9.17) is 10.5 Å². The van der Waals surface area contributed by atoms with E-state index in [1.807, 2.05) is 44.4 Å². The molecule has 0 aliphatic heterocycles. The van der Waals surface area contributed by atoms with Gasteiger partial charge in [-0.3, -0.25) is 9.13 Å². The van der Waals surface area contributed by atoms with E-state index in [9.17, 15) is 4.79 Å². The quantitative estimate of drug-likeness (QED) is 0.904. The minimum atomic E-state index is 0.00173. The van der Waals surface area contributed by atoms with Crippen molar-refractivity contribution in [3.05, 3.63) is 52.2 Å². The molecular formula is C15H21N3O2. The van der Waals surface area contributed by atoms with E-state index in [1.165, 1.54) is 0 Å². The Hall–Kier alpha value is -2.01. The molecule has 0 aliphatic carbocycles. The van der Waals surface area contributed by atoms with Crippen molar-refractivity contribution in [2.75, 3.05) is 7.11 Å². The van der Waals surface area contributed by atoms with Crippen molar-refractivity contribution in [1.29, 1.82) is 0 Å². The van der Waals surface area contributed by atoms with Gasteiger partial charge in [0.05, 0.1) is 13.7 Å². The largest absolute Gasteiger partial charge is 0.496 e. The summed E-state index contributed by atoms with van der Waals surface area (Å²) >= 11 is 0. The fourth-order valence-corrected chi connectivity index (χ4v) is 2.19. The van der Waals surface area contributed by atoms with Crippen LogP contribution >= 0.6 is 0 Å². The molecule has 0 fully saturated rings. The maximum atomic E-state index is 12.2. The Labute approximate surface area is 118 Å². The van der Waals surface area contributed by atoms with Gasteiger partial charge in [-0.25, -0.2) is 4.79 Å². The summed E-state index contributed by atoms with van der Waals surface area (Å²) < 4.78 is 8.72. The molecule has 2 N–H and O–H groups in total. The first-order valence-corrected chi connectivity index (χ1v) is 6.70. The highest BCUT2D eigenvalue weighted by Gasteiger charge is 2.08. The summed E-state index contributed by atoms with van der Waals surface area (Å²) in [6.07, 6.45) is 3.63. The van der Waals surface area contributed by atoms with Crippen molar-refractivity contribution in [1.82, 2.24) is 9.13 Å². The molecule has 0 saturated heterocycles. The maximum absolute atomic E-state index is 12.2. The van der Waals surface area contributed by atoms with E-state index in [2.05, 4.69) is 0 Å². The highest BCUT2D eigenvalue weighted by molar-refractivity contribution is 5.37. The van der Waals surface area contributed by atoms with E-state index in [0.29, 0.717) is 13.1 Å². The number of rotatable bonds is 5. The van der Waals surface area contributed by atoms with Crippen LogP contribution in [-0.4, -0.2) is 16.2 Å². The van der Waals surface area contributed by atoms with Crippen LogP contribution in [0.3, 0.4) is 0 Å². The Balaban J connectivity index is 2.29. The van der Waals surface area contributed by atoms with Gasteiger partial charge in [-0.1, -0.05) is 12.1 Å². The average molecular weight is 275 g/mol. The van der Waals surface area contributed by atoms with Gasteiger partial charge in [0.2, 0.25) is 0 Å². The summed E-state index contributed by atoms with van der Waals surface area (Å²) in [6, 6.07) is 6.02. The van der Waals surface area contributed by atoms with Crippen molar-refractivity contribution in [2.45, 2.75) is 33.0 Å². The third-order valence-corrected chi connectivity index (χ3v) is 3.35. The number of nitrogens with zero attached hydrogens (tertiary/aromatic N) is 2. The molecular weight excluding hydrogens is 254 g/mol. The van der Waals surface area contributed by atoms with Crippen LogP contribution in [0.4, 0.5) is 0 Å². The lowest BCUT2D eigenvalue weighted by atomic mass is 10.1. The Bertz CT molecular complexity index is 641. The van der Waals surface area contributed by atoms with Crippen LogP contribution in [0.15, 0.2) is 35.4 Å². The smallest absolute Gasteiger partial charge is 0.328 e. The van der Waals surface area contributed by atoms with Gasteiger partial charge in [0, 0.05) is 30.5 Å². The van der Waals surface area contributed by atoms with Crippen LogP contribution in [0.2, 0.25) is 0 Å². The summed E-state index contributed by atoms with van der Waals surface area (Å²) in [7, 11) is 1.62. The molecule has 1 heterocycles. The molecule has 0 bridgehead atoms. The summed E-state index contributed by atoms with van der Waals surface area (Å²) in [6.45, 7) is 4.95. The SMILES string of the molecule is COc1cc(Cn2ccn(C(C)C)c2=O)ccc1CN. The molecule has 0 unspecified atom stereocenters. The topological polar surface area (TPSA) is 62.2 Å². The lowest BCUT2D eigenvalue weighted by molar-refractivity contribution is 0.409. The maximum Gasteiger partial charge on any atom is 0.328 e. The van der Waals surface area contributed by atoms with E-state index >= 15 is 0 Å². The lowest BCUT2D eigenvalue weighted by Crippen LogP contribution is -2.25. The Kier molecular flexibility index (Phi) is 4.29. The van der Waals surface area contributed by atoms with Gasteiger partial charge in [-0.15, -0.1) is 0 Å². The van der Waals surface area contributed by atoms with E-state index < -0.39 is 0 Å². The molecule has 0 aliphatic rings. The van der Waals surface area contributed by atoms with Gasteiger partial charge in [0.25, 0.3) is 0 Å². The molecule has 5 nitrogen and oxygen atoms in total. The average Bonchev–Trinajstić information content (AvgIpc) is 2.80. The molecule has 5 heteroatoms. The van der Waals surface area contributed by atoms with Crippen LogP contribution in [0.5, 0.6) is 5.75 Å². The van der Waals surface area contributed by atoms with Gasteiger partial charge in [-0.05, 0) is 25.5 Å². The zero-order chi connectivity index (χ0) is 14.7. The second-order valence-electron chi connectivity index (χ2n) is 5.06. The minimum absolute atomic E-state index is 0.00173. The summed E-state index contributed by atoms with van der Waals surface area (Å²) in [4.78, 5) is 12.2. The number of ether oxygens (including phenoxy) is 1. The van der Waals surface area contributed by atoms with Crippen molar-refractivity contribution < 1.29 is 4.74 Å². The fraction of sp³-hybridized carbons (Fsp3) is 0.400. The number of benzene rings is 1. The number of nitrogens with two attached hydrogens (primary N) is 1. The predicted octanol–water partition coefficient (Wildman–Crippen LogP) is 1.75. The fourth-order valence-electron chi connectivity index (χ4n) is 2.19. The molecule has 0 radical (unpaired) electrons. The van der Waals surface area contributed by atoms with E-state index in [0.717, 1.165) is 16.9 Å². The third-order valence-electron chi connectivity index (χ3n) is 3.35. The van der Waals surface area contributed by atoms with E-state index in [-0.39, 0.29) is 11.7 Å². The van der Waals surface area contributed by atoms with Crippen molar-refractivity contribution >= 4 is 0 Å². The number of imidazole rings is 1. The molecule has 20 heavy (non-hydrogen) atoms. The van der Waals surface area contributed by atoms with Gasteiger partial charge >= 0.3 is 5.69 Å². The van der Waals surface area contributed by atoms with Gasteiger partial charge in [0.15, 0.2) is 0 Å². The zero-order valence-corrected chi connectivity index (χ0v) is 12.2. The number of aromatic nitrogens is 2. The Morgan fingerprint density at radius 2 is 2.05 bits per heavy atom. The second kappa shape index (κ2) is 5.96. The van der Waals surface area contributed by atoms with Crippen molar-refractivity contribution in [3.63, 3.8) is 0 Å². The molecule has 0 amide bonds. The first-order chi connectivity index (χ1) is 9.56. The normalized spacial score (nSPS) is 11.1. The summed E-state index contributed by atoms with van der Waals surface area (Å²) in [5, 5.41) is 0. The van der Waals surface area contributed by atoms with Crippen LogP contribution in [-0.2, 0) is 13.1 Å². The Morgan fingerprint density at radius 1 is 1.30 bits per heavy atom. The second-order valence-corrected chi connectivity index (χ2v) is 5.06. The molecule has 1 aromatic carbocycles. The first kappa shape index (κ1) is 14.4. The standard InChI is InChI=1S/C15H21N3O2/c1-11(2)18-7-6-17(15(18)19)10-12-4-5-13(9-16)14(8-12)20-3/h4-8,11H,9-10,16H2,1-3H3. The molecule has 2 rings (SSSR count). The highest BCUT2D eigenvalue weighted by Crippen LogP contribution is 2.20. The van der Waals surface area contributed by atoms with Crippen LogP contribution < -0.4 is 16.2 Å². The van der Waals surface area contributed by atoms with Crippen molar-refractivity contribution in [3.8, 4) is 5.75 Å². The van der Waals surface area contributed by atoms with Crippen molar-refractivity contribution in [2.24, 2.45) is 5.73 Å². The van der Waals surface area contributed by atoms with Gasteiger partial charge in [0.1, 0.15) is 5.75 Å². The predicted molar refractivity (Wildman–Crippen MR) is 79.1 cm³/mol. The number of methoxy groups -OCH3 is 1. The minimum Gasteiger partial charge on any atom is -0.496 e.